The molecule has 8 nitrogen and oxygen atoms in total. The first-order valence-corrected chi connectivity index (χ1v) is 8.97. The average molecular weight is 399 g/mol. The number of hydrogen-bond donors (Lipinski definition) is 3. The Hall–Kier alpha value is -3.05. The summed E-state index contributed by atoms with van der Waals surface area (Å²) in [5.74, 6) is -3.14. The van der Waals surface area contributed by atoms with Crippen molar-refractivity contribution in [3.63, 3.8) is 0 Å². The van der Waals surface area contributed by atoms with Gasteiger partial charge in [0.05, 0.1) is 10.5 Å². The number of nitrogens with one attached hydrogen (secondary N) is 2. The molecule has 0 spiro atoms. The SMILES string of the molecule is C[C@@H](Oc1ccc(F)cc1)C(=O)NNC(=O)c1cc(S(N)(=O)=O)ccc1F. The smallest absolute Gasteiger partial charge is 0.279 e. The molecule has 2 rings (SSSR count). The number of ether oxygens (including phenoxy) is 1. The van der Waals surface area contributed by atoms with Gasteiger partial charge in [0.2, 0.25) is 10.0 Å². The fourth-order valence-electron chi connectivity index (χ4n) is 1.91. The van der Waals surface area contributed by atoms with Crippen molar-refractivity contribution in [2.75, 3.05) is 0 Å². The summed E-state index contributed by atoms with van der Waals surface area (Å²) in [5.41, 5.74) is 3.32. The van der Waals surface area contributed by atoms with Crippen molar-refractivity contribution in [2.45, 2.75) is 17.9 Å². The van der Waals surface area contributed by atoms with Crippen molar-refractivity contribution in [2.24, 2.45) is 5.14 Å². The van der Waals surface area contributed by atoms with E-state index >= 15 is 0 Å². The van der Waals surface area contributed by atoms with Crippen molar-refractivity contribution in [1.29, 1.82) is 0 Å². The minimum atomic E-state index is -4.14. The van der Waals surface area contributed by atoms with Crippen LogP contribution in [0.2, 0.25) is 0 Å². The van der Waals surface area contributed by atoms with Crippen molar-refractivity contribution in [1.82, 2.24) is 10.9 Å². The van der Waals surface area contributed by atoms with Crippen molar-refractivity contribution >= 4 is 21.8 Å². The van der Waals surface area contributed by atoms with Crippen LogP contribution in [-0.2, 0) is 14.8 Å². The number of nitrogens with two attached hydrogens (primary N) is 1. The Bertz CT molecular complexity index is 965. The van der Waals surface area contributed by atoms with E-state index in [9.17, 15) is 26.8 Å². The Kier molecular flexibility index (Phi) is 6.08. The maximum Gasteiger partial charge on any atom is 0.279 e. The molecule has 0 bridgehead atoms. The van der Waals surface area contributed by atoms with E-state index in [2.05, 4.69) is 0 Å². The molecule has 0 aromatic heterocycles. The molecule has 0 aliphatic heterocycles. The summed E-state index contributed by atoms with van der Waals surface area (Å²) in [4.78, 5) is 23.4. The Labute approximate surface area is 153 Å². The lowest BCUT2D eigenvalue weighted by Gasteiger charge is -2.15. The molecule has 0 fully saturated rings. The highest BCUT2D eigenvalue weighted by molar-refractivity contribution is 7.89. The molecule has 27 heavy (non-hydrogen) atoms. The molecule has 0 saturated carbocycles. The van der Waals surface area contributed by atoms with Crippen LogP contribution in [0, 0.1) is 11.6 Å². The van der Waals surface area contributed by atoms with Gasteiger partial charge in [0.1, 0.15) is 17.4 Å². The lowest BCUT2D eigenvalue weighted by molar-refractivity contribution is -0.128. The van der Waals surface area contributed by atoms with Crippen LogP contribution in [0.15, 0.2) is 47.4 Å². The number of primary sulfonamides is 1. The van der Waals surface area contributed by atoms with Crippen molar-refractivity contribution < 1.29 is 31.5 Å². The van der Waals surface area contributed by atoms with E-state index in [0.717, 1.165) is 30.3 Å². The summed E-state index contributed by atoms with van der Waals surface area (Å²) < 4.78 is 54.4. The molecule has 0 aliphatic rings. The first-order valence-electron chi connectivity index (χ1n) is 7.42. The fourth-order valence-corrected chi connectivity index (χ4v) is 2.45. The zero-order valence-electron chi connectivity index (χ0n) is 13.9. The monoisotopic (exact) mass is 399 g/mol. The lowest BCUT2D eigenvalue weighted by Crippen LogP contribution is -2.47. The van der Waals surface area contributed by atoms with Gasteiger partial charge in [0.15, 0.2) is 6.10 Å². The molecular formula is C16H15F2N3O5S. The second-order valence-electron chi connectivity index (χ2n) is 5.34. The number of carbonyl (C=O) groups excluding carboxylic acids is 2. The van der Waals surface area contributed by atoms with E-state index in [1.807, 2.05) is 10.9 Å². The standard InChI is InChI=1S/C16H15F2N3O5S/c1-9(26-11-4-2-10(17)3-5-11)15(22)20-21-16(23)13-8-12(27(19,24)25)6-7-14(13)18/h2-9H,1H3,(H,20,22)(H,21,23)(H2,19,24,25)/t9-/m1/s1. The first kappa shape index (κ1) is 20.3. The molecule has 2 aromatic carbocycles. The Balaban J connectivity index is 2.00. The number of carbonyl (C=O) groups is 2. The highest BCUT2D eigenvalue weighted by Crippen LogP contribution is 2.14. The van der Waals surface area contributed by atoms with Gasteiger partial charge in [0, 0.05) is 0 Å². The average Bonchev–Trinajstić information content (AvgIpc) is 2.60. The van der Waals surface area contributed by atoms with Gasteiger partial charge >= 0.3 is 0 Å². The Morgan fingerprint density at radius 1 is 1.07 bits per heavy atom. The van der Waals surface area contributed by atoms with Gasteiger partial charge in [-0.1, -0.05) is 0 Å². The summed E-state index contributed by atoms with van der Waals surface area (Å²) in [5, 5.41) is 4.93. The van der Waals surface area contributed by atoms with Gasteiger partial charge in [0.25, 0.3) is 11.8 Å². The van der Waals surface area contributed by atoms with Gasteiger partial charge in [-0.3, -0.25) is 20.4 Å². The number of benzene rings is 2. The van der Waals surface area contributed by atoms with E-state index in [-0.39, 0.29) is 5.75 Å². The Morgan fingerprint density at radius 2 is 1.70 bits per heavy atom. The summed E-state index contributed by atoms with van der Waals surface area (Å²) in [7, 11) is -4.14. The van der Waals surface area contributed by atoms with E-state index in [1.165, 1.54) is 19.1 Å². The normalized spacial score (nSPS) is 12.1. The molecule has 4 N–H and O–H groups in total. The van der Waals surface area contributed by atoms with Gasteiger partial charge in [-0.05, 0) is 49.4 Å². The van der Waals surface area contributed by atoms with E-state index in [1.54, 1.807) is 0 Å². The molecule has 0 radical (unpaired) electrons. The summed E-state index contributed by atoms with van der Waals surface area (Å²) in [6.07, 6.45) is -1.07. The molecule has 2 amide bonds. The van der Waals surface area contributed by atoms with E-state index in [0.29, 0.717) is 0 Å². The van der Waals surface area contributed by atoms with Crippen LogP contribution in [0.3, 0.4) is 0 Å². The molecular weight excluding hydrogens is 384 g/mol. The van der Waals surface area contributed by atoms with Crippen LogP contribution < -0.4 is 20.7 Å². The van der Waals surface area contributed by atoms with Crippen LogP contribution in [-0.4, -0.2) is 26.3 Å². The van der Waals surface area contributed by atoms with Crippen LogP contribution in [0.5, 0.6) is 5.75 Å². The van der Waals surface area contributed by atoms with Gasteiger partial charge in [-0.2, -0.15) is 0 Å². The van der Waals surface area contributed by atoms with Crippen molar-refractivity contribution in [3.05, 3.63) is 59.7 Å². The van der Waals surface area contributed by atoms with Gasteiger partial charge in [-0.25, -0.2) is 22.3 Å². The summed E-state index contributed by atoms with van der Waals surface area (Å²) >= 11 is 0. The molecule has 11 heteroatoms. The molecule has 0 heterocycles. The third-order valence-corrected chi connectivity index (χ3v) is 4.22. The molecule has 144 valence electrons. The maximum atomic E-state index is 13.7. The minimum absolute atomic E-state index is 0.220. The molecule has 0 saturated heterocycles. The number of sulfonamides is 1. The van der Waals surface area contributed by atoms with Crippen molar-refractivity contribution in [3.8, 4) is 5.75 Å². The van der Waals surface area contributed by atoms with E-state index in [4.69, 9.17) is 9.88 Å². The lowest BCUT2D eigenvalue weighted by atomic mass is 10.2. The quantitative estimate of drug-likeness (QED) is 0.642. The van der Waals surface area contributed by atoms with Crippen LogP contribution >= 0.6 is 0 Å². The number of hydrazine groups is 1. The highest BCUT2D eigenvalue weighted by Gasteiger charge is 2.19. The predicted molar refractivity (Wildman–Crippen MR) is 89.9 cm³/mol. The molecule has 2 aromatic rings. The molecule has 0 unspecified atom stereocenters. The second kappa shape index (κ2) is 8.10. The zero-order chi connectivity index (χ0) is 20.2. The topological polar surface area (TPSA) is 128 Å². The summed E-state index contributed by atoms with van der Waals surface area (Å²) in [6.45, 7) is 1.37. The number of halogens is 2. The third-order valence-electron chi connectivity index (χ3n) is 3.31. The minimum Gasteiger partial charge on any atom is -0.481 e. The van der Waals surface area contributed by atoms with Crippen LogP contribution in [0.1, 0.15) is 17.3 Å². The highest BCUT2D eigenvalue weighted by atomic mass is 32.2. The second-order valence-corrected chi connectivity index (χ2v) is 6.91. The maximum absolute atomic E-state index is 13.7. The van der Waals surface area contributed by atoms with Gasteiger partial charge < -0.3 is 4.74 Å². The number of amides is 2. The predicted octanol–water partition coefficient (Wildman–Crippen LogP) is 0.841. The van der Waals surface area contributed by atoms with Gasteiger partial charge in [-0.15, -0.1) is 0 Å². The van der Waals surface area contributed by atoms with Crippen LogP contribution in [0.4, 0.5) is 8.78 Å². The fraction of sp³-hybridized carbons (Fsp3) is 0.125. The zero-order valence-corrected chi connectivity index (χ0v) is 14.7. The van der Waals surface area contributed by atoms with E-state index < -0.39 is 50.0 Å². The largest absolute Gasteiger partial charge is 0.481 e. The summed E-state index contributed by atoms with van der Waals surface area (Å²) in [6, 6.07) is 7.31. The molecule has 0 aliphatic carbocycles. The van der Waals surface area contributed by atoms with Crippen LogP contribution in [0.25, 0.3) is 0 Å². The number of rotatable bonds is 5. The Morgan fingerprint density at radius 3 is 2.30 bits per heavy atom. The molecule has 1 atom stereocenters. The third kappa shape index (κ3) is 5.46. The number of hydrogen-bond acceptors (Lipinski definition) is 5. The first-order chi connectivity index (χ1) is 12.6.